The number of fused-ring (bicyclic) bond motifs is 1. The van der Waals surface area contributed by atoms with Crippen molar-refractivity contribution >= 4 is 28.3 Å². The second kappa shape index (κ2) is 11.4. The van der Waals surface area contributed by atoms with Gasteiger partial charge in [0.15, 0.2) is 5.82 Å². The van der Waals surface area contributed by atoms with Gasteiger partial charge < -0.3 is 25.1 Å². The number of aromatic amines is 1. The quantitative estimate of drug-likeness (QED) is 0.220. The third-order valence-electron chi connectivity index (χ3n) is 6.63. The van der Waals surface area contributed by atoms with Crippen LogP contribution in [-0.4, -0.2) is 68.2 Å². The van der Waals surface area contributed by atoms with Crippen molar-refractivity contribution in [3.8, 4) is 22.6 Å². The van der Waals surface area contributed by atoms with Crippen LogP contribution >= 0.6 is 0 Å². The van der Waals surface area contributed by atoms with E-state index in [-0.39, 0.29) is 5.69 Å². The van der Waals surface area contributed by atoms with Gasteiger partial charge in [0, 0.05) is 41.4 Å². The molecule has 0 aliphatic carbocycles. The number of carbonyl (C=O) groups excluding carboxylic acids is 1. The van der Waals surface area contributed by atoms with E-state index in [1.54, 1.807) is 35.4 Å². The molecule has 1 atom stereocenters. The fraction of sp³-hybridized carbons (Fsp3) is 0.241. The minimum Gasteiger partial charge on any atom is -0.345 e. The molecule has 3 N–H and O–H groups in total. The lowest BCUT2D eigenvalue weighted by Gasteiger charge is -2.19. The molecule has 0 bridgehead atoms. The fourth-order valence-electron chi connectivity index (χ4n) is 4.34. The van der Waals surface area contributed by atoms with Crippen LogP contribution in [0.3, 0.4) is 0 Å². The summed E-state index contributed by atoms with van der Waals surface area (Å²) in [4.78, 5) is 31.1. The highest BCUT2D eigenvalue weighted by Gasteiger charge is 2.37. The summed E-state index contributed by atoms with van der Waals surface area (Å²) in [5.74, 6) is 0.268. The Morgan fingerprint density at radius 3 is 2.51 bits per heavy atom. The number of anilines is 2. The number of carbonyl (C=O) groups is 1. The van der Waals surface area contributed by atoms with Crippen LogP contribution < -0.4 is 10.6 Å². The van der Waals surface area contributed by atoms with Crippen molar-refractivity contribution in [3.05, 3.63) is 79.0 Å². The molecule has 0 saturated heterocycles. The molecule has 5 rings (SSSR count). The third kappa shape index (κ3) is 6.38. The highest BCUT2D eigenvalue weighted by molar-refractivity contribution is 5.99. The second-order valence-corrected chi connectivity index (χ2v) is 9.93. The maximum atomic E-state index is 13.1. The Hall–Kier alpha value is -4.71. The molecule has 1 amide bonds. The summed E-state index contributed by atoms with van der Waals surface area (Å²) in [6, 6.07) is 14.7. The average Bonchev–Trinajstić information content (AvgIpc) is 3.60. The zero-order valence-corrected chi connectivity index (χ0v) is 22.7. The van der Waals surface area contributed by atoms with Gasteiger partial charge in [-0.3, -0.25) is 4.79 Å². The van der Waals surface area contributed by atoms with Crippen molar-refractivity contribution in [2.24, 2.45) is 0 Å². The van der Waals surface area contributed by atoms with Crippen LogP contribution in [0.4, 0.5) is 24.7 Å². The van der Waals surface area contributed by atoms with Crippen LogP contribution in [0.15, 0.2) is 73.3 Å². The van der Waals surface area contributed by atoms with Crippen LogP contribution in [0, 0.1) is 0 Å². The number of amides is 1. The summed E-state index contributed by atoms with van der Waals surface area (Å²) < 4.78 is 41.1. The molecule has 0 saturated carbocycles. The number of H-pyrrole nitrogens is 1. The molecule has 0 aliphatic heterocycles. The van der Waals surface area contributed by atoms with Crippen LogP contribution in [0.2, 0.25) is 0 Å². The minimum absolute atomic E-state index is 0.157. The smallest absolute Gasteiger partial charge is 0.345 e. The van der Waals surface area contributed by atoms with E-state index in [0.717, 1.165) is 29.3 Å². The summed E-state index contributed by atoms with van der Waals surface area (Å²) in [5.41, 5.74) is 4.32. The molecule has 212 valence electrons. The van der Waals surface area contributed by atoms with Crippen molar-refractivity contribution in [2.75, 3.05) is 26.0 Å². The molecule has 9 nitrogen and oxygen atoms in total. The Labute approximate surface area is 234 Å². The number of nitrogens with one attached hydrogen (secondary N) is 3. The number of likely N-dealkylation sites (N-methyl/N-ethyl adjacent to an activating group) is 1. The van der Waals surface area contributed by atoms with Crippen LogP contribution in [0.1, 0.15) is 17.4 Å². The van der Waals surface area contributed by atoms with Crippen molar-refractivity contribution in [2.45, 2.75) is 25.7 Å². The number of nitrogens with zero attached hydrogens (tertiary/aromatic N) is 5. The van der Waals surface area contributed by atoms with Gasteiger partial charge in [-0.15, -0.1) is 0 Å². The fourth-order valence-corrected chi connectivity index (χ4v) is 4.34. The van der Waals surface area contributed by atoms with Gasteiger partial charge in [-0.1, -0.05) is 24.3 Å². The molecule has 3 heterocycles. The van der Waals surface area contributed by atoms with E-state index in [0.29, 0.717) is 35.8 Å². The summed E-state index contributed by atoms with van der Waals surface area (Å²) in [6.07, 6.45) is 0.494. The predicted octanol–water partition coefficient (Wildman–Crippen LogP) is 5.47. The summed E-state index contributed by atoms with van der Waals surface area (Å²) >= 11 is 0. The maximum Gasteiger partial charge on any atom is 0.408 e. The van der Waals surface area contributed by atoms with E-state index in [9.17, 15) is 18.0 Å². The zero-order chi connectivity index (χ0) is 29.1. The molecular formula is C29H29F3N8O. The zero-order valence-electron chi connectivity index (χ0n) is 22.7. The van der Waals surface area contributed by atoms with Crippen molar-refractivity contribution in [3.63, 3.8) is 0 Å². The number of benzene rings is 2. The molecule has 3 aromatic heterocycles. The van der Waals surface area contributed by atoms with Crippen molar-refractivity contribution in [1.82, 2.24) is 34.7 Å². The monoisotopic (exact) mass is 562 g/mol. The van der Waals surface area contributed by atoms with Crippen LogP contribution in [-0.2, 0) is 6.54 Å². The first-order valence-electron chi connectivity index (χ1n) is 12.9. The number of hydrogen-bond acceptors (Lipinski definition) is 6. The molecule has 0 spiro atoms. The number of rotatable bonds is 9. The Kier molecular flexibility index (Phi) is 7.75. The lowest BCUT2D eigenvalue weighted by Crippen LogP contribution is -2.43. The predicted molar refractivity (Wildman–Crippen MR) is 152 cm³/mol. The van der Waals surface area contributed by atoms with Gasteiger partial charge in [-0.2, -0.15) is 13.2 Å². The molecular weight excluding hydrogens is 533 g/mol. The van der Waals surface area contributed by atoms with E-state index in [4.69, 9.17) is 0 Å². The number of aromatic nitrogens is 5. The standard InChI is InChI=1S/C29H29F3N8O/c1-18(29(30,31)32)36-28(41)25-14-20-4-5-21(15-24(20)40(25)13-12-39(2)3)27-34-11-10-26(38-27)37-22-8-6-19(7-9-22)23-16-33-17-35-23/h4-11,14-18H,12-13H2,1-3H3,(H,33,35)(H,36,41)(H,34,37,38)/t18-/m0/s1. The van der Waals surface area contributed by atoms with E-state index in [2.05, 4.69) is 30.6 Å². The average molecular weight is 563 g/mol. The topological polar surface area (TPSA) is 104 Å². The molecule has 0 fully saturated rings. The van der Waals surface area contributed by atoms with Crippen molar-refractivity contribution < 1.29 is 18.0 Å². The van der Waals surface area contributed by atoms with Gasteiger partial charge in [-0.05, 0) is 56.9 Å². The van der Waals surface area contributed by atoms with Gasteiger partial charge in [0.2, 0.25) is 0 Å². The van der Waals surface area contributed by atoms with E-state index in [1.807, 2.05) is 61.5 Å². The molecule has 0 radical (unpaired) electrons. The first-order valence-corrected chi connectivity index (χ1v) is 12.9. The largest absolute Gasteiger partial charge is 0.408 e. The minimum atomic E-state index is -4.54. The molecule has 0 unspecified atom stereocenters. The summed E-state index contributed by atoms with van der Waals surface area (Å²) in [5, 5.41) is 6.09. The van der Waals surface area contributed by atoms with Crippen molar-refractivity contribution in [1.29, 1.82) is 0 Å². The van der Waals surface area contributed by atoms with E-state index < -0.39 is 18.1 Å². The van der Waals surface area contributed by atoms with Gasteiger partial charge in [0.1, 0.15) is 17.6 Å². The highest BCUT2D eigenvalue weighted by Crippen LogP contribution is 2.28. The van der Waals surface area contributed by atoms with Gasteiger partial charge in [-0.25, -0.2) is 15.0 Å². The maximum absolute atomic E-state index is 13.1. The molecule has 2 aromatic carbocycles. The van der Waals surface area contributed by atoms with Gasteiger partial charge in [0.05, 0.1) is 18.2 Å². The Balaban J connectivity index is 1.43. The first kappa shape index (κ1) is 27.8. The SMILES string of the molecule is C[C@H](NC(=O)c1cc2ccc(-c3nccc(Nc4ccc(-c5cnc[nH]5)cc4)n3)cc2n1CCN(C)C)C(F)(F)F. The molecule has 12 heteroatoms. The van der Waals surface area contributed by atoms with Crippen LogP contribution in [0.25, 0.3) is 33.5 Å². The Morgan fingerprint density at radius 2 is 1.83 bits per heavy atom. The van der Waals surface area contributed by atoms with E-state index >= 15 is 0 Å². The molecule has 5 aromatic rings. The normalized spacial score (nSPS) is 12.6. The van der Waals surface area contributed by atoms with E-state index in [1.165, 1.54) is 0 Å². The molecule has 41 heavy (non-hydrogen) atoms. The lowest BCUT2D eigenvalue weighted by atomic mass is 10.1. The highest BCUT2D eigenvalue weighted by atomic mass is 19.4. The number of alkyl halides is 3. The Morgan fingerprint density at radius 1 is 1.07 bits per heavy atom. The number of halogens is 3. The van der Waals surface area contributed by atoms with Gasteiger partial charge >= 0.3 is 6.18 Å². The summed E-state index contributed by atoms with van der Waals surface area (Å²) in [6.45, 7) is 1.91. The van der Waals surface area contributed by atoms with Crippen LogP contribution in [0.5, 0.6) is 0 Å². The lowest BCUT2D eigenvalue weighted by molar-refractivity contribution is -0.149. The third-order valence-corrected chi connectivity index (χ3v) is 6.63. The number of imidazole rings is 1. The molecule has 0 aliphatic rings. The first-order chi connectivity index (χ1) is 19.6. The summed E-state index contributed by atoms with van der Waals surface area (Å²) in [7, 11) is 3.78. The van der Waals surface area contributed by atoms with Gasteiger partial charge in [0.25, 0.3) is 5.91 Å². The second-order valence-electron chi connectivity index (χ2n) is 9.93. The Bertz CT molecular complexity index is 1640. The number of hydrogen-bond donors (Lipinski definition) is 3.